The second-order valence-corrected chi connectivity index (χ2v) is 3.40. The van der Waals surface area contributed by atoms with E-state index in [2.05, 4.69) is 19.6 Å². The van der Waals surface area contributed by atoms with Crippen molar-refractivity contribution in [3.8, 4) is 0 Å². The quantitative estimate of drug-likeness (QED) is 0.694. The van der Waals surface area contributed by atoms with E-state index < -0.39 is 0 Å². The Morgan fingerprint density at radius 3 is 2.20 bits per heavy atom. The normalized spacial score (nSPS) is 8.87. The van der Waals surface area contributed by atoms with Crippen molar-refractivity contribution in [2.75, 3.05) is 0 Å². The molecule has 0 aliphatic rings. The van der Waals surface area contributed by atoms with Gasteiger partial charge >= 0.3 is 0 Å². The molecule has 0 atom stereocenters. The molecule has 0 aromatic heterocycles. The maximum atomic E-state index is 7.82. The van der Waals surface area contributed by atoms with Crippen LogP contribution >= 0.6 is 0 Å². The molecule has 0 saturated carbocycles. The number of nitrogens with one attached hydrogen (secondary N) is 1. The molecule has 0 fully saturated rings. The van der Waals surface area contributed by atoms with Crippen LogP contribution in [0.25, 0.3) is 0 Å². The van der Waals surface area contributed by atoms with Crippen LogP contribution in [0.3, 0.4) is 0 Å². The number of aryl methyl sites for hydroxylation is 1. The molecule has 1 N–H and O–H groups in total. The van der Waals surface area contributed by atoms with Gasteiger partial charge in [0.2, 0.25) is 0 Å². The Bertz CT molecular complexity index is 362. The van der Waals surface area contributed by atoms with Gasteiger partial charge in [-0.15, -0.1) is 0 Å². The van der Waals surface area contributed by atoms with Gasteiger partial charge < -0.3 is 5.41 Å². The smallest absolute Gasteiger partial charge is 0.0638 e. The average Bonchev–Trinajstić information content (AvgIpc) is 2.24. The molecule has 0 aliphatic heterocycles. The van der Waals surface area contributed by atoms with Crippen molar-refractivity contribution in [1.29, 1.82) is 5.41 Å². The van der Waals surface area contributed by atoms with Crippen LogP contribution in [0.15, 0.2) is 30.4 Å². The van der Waals surface area contributed by atoms with Crippen LogP contribution in [-0.4, -0.2) is 5.71 Å². The minimum Gasteiger partial charge on any atom is -0.300 e. The van der Waals surface area contributed by atoms with Crippen molar-refractivity contribution in [1.82, 2.24) is 0 Å². The molecule has 1 rings (SSSR count). The predicted molar refractivity (Wildman–Crippen MR) is 68.9 cm³/mol. The summed E-state index contributed by atoms with van der Waals surface area (Å²) in [4.78, 5) is 0. The number of benzene rings is 1. The van der Waals surface area contributed by atoms with E-state index in [0.717, 1.165) is 11.1 Å². The van der Waals surface area contributed by atoms with Crippen LogP contribution in [0.2, 0.25) is 0 Å². The Hall–Kier alpha value is -1.37. The van der Waals surface area contributed by atoms with E-state index in [4.69, 9.17) is 5.41 Å². The fourth-order valence-corrected chi connectivity index (χ4v) is 1.25. The standard InChI is InChI=1S/C12H15N.C2H6/c1-8(2)12(13)11-7-5-6-9(3)10(11)4;1-2/h5-7,13H,1H2,2-4H3;1-2H3. The van der Waals surface area contributed by atoms with Crippen molar-refractivity contribution < 1.29 is 0 Å². The van der Waals surface area contributed by atoms with Crippen LogP contribution in [0.1, 0.15) is 37.5 Å². The fourth-order valence-electron chi connectivity index (χ4n) is 1.25. The third-order valence-electron chi connectivity index (χ3n) is 2.30. The van der Waals surface area contributed by atoms with Crippen LogP contribution in [0.4, 0.5) is 0 Å². The van der Waals surface area contributed by atoms with Crippen molar-refractivity contribution in [3.05, 3.63) is 47.0 Å². The fraction of sp³-hybridized carbons (Fsp3) is 0.357. The summed E-state index contributed by atoms with van der Waals surface area (Å²) in [6.07, 6.45) is 0. The van der Waals surface area contributed by atoms with Gasteiger partial charge in [0, 0.05) is 5.56 Å². The average molecular weight is 203 g/mol. The minimum absolute atomic E-state index is 0.543. The molecule has 0 aliphatic carbocycles. The Morgan fingerprint density at radius 1 is 1.20 bits per heavy atom. The van der Waals surface area contributed by atoms with Crippen molar-refractivity contribution in [2.45, 2.75) is 34.6 Å². The lowest BCUT2D eigenvalue weighted by atomic mass is 9.97. The van der Waals surface area contributed by atoms with Gasteiger partial charge in [-0.25, -0.2) is 0 Å². The Labute approximate surface area is 93.4 Å². The molecule has 1 aromatic carbocycles. The predicted octanol–water partition coefficient (Wildman–Crippen LogP) is 4.27. The lowest BCUT2D eigenvalue weighted by Crippen LogP contribution is -2.03. The summed E-state index contributed by atoms with van der Waals surface area (Å²) in [7, 11) is 0. The maximum Gasteiger partial charge on any atom is 0.0638 e. The van der Waals surface area contributed by atoms with Gasteiger partial charge in [0.25, 0.3) is 0 Å². The van der Waals surface area contributed by atoms with Crippen LogP contribution in [0, 0.1) is 19.3 Å². The second kappa shape index (κ2) is 6.18. The first-order valence-corrected chi connectivity index (χ1v) is 5.35. The van der Waals surface area contributed by atoms with Crippen molar-refractivity contribution >= 4 is 5.71 Å². The summed E-state index contributed by atoms with van der Waals surface area (Å²) < 4.78 is 0. The summed E-state index contributed by atoms with van der Waals surface area (Å²) in [5, 5.41) is 7.82. The van der Waals surface area contributed by atoms with E-state index in [-0.39, 0.29) is 0 Å². The summed E-state index contributed by atoms with van der Waals surface area (Å²) >= 11 is 0. The first-order valence-electron chi connectivity index (χ1n) is 5.35. The Balaban J connectivity index is 0.000000921. The van der Waals surface area contributed by atoms with Crippen molar-refractivity contribution in [3.63, 3.8) is 0 Å². The molecule has 1 heteroatoms. The molecule has 0 spiro atoms. The molecule has 0 radical (unpaired) electrons. The van der Waals surface area contributed by atoms with E-state index in [9.17, 15) is 0 Å². The van der Waals surface area contributed by atoms with E-state index >= 15 is 0 Å². The number of hydrogen-bond acceptors (Lipinski definition) is 1. The molecule has 0 heterocycles. The van der Waals surface area contributed by atoms with E-state index in [1.165, 1.54) is 11.1 Å². The van der Waals surface area contributed by atoms with Gasteiger partial charge in [-0.2, -0.15) is 0 Å². The second-order valence-electron chi connectivity index (χ2n) is 3.40. The summed E-state index contributed by atoms with van der Waals surface area (Å²) in [6, 6.07) is 6.01. The summed E-state index contributed by atoms with van der Waals surface area (Å²) in [6.45, 7) is 13.7. The highest BCUT2D eigenvalue weighted by molar-refractivity contribution is 6.10. The maximum absolute atomic E-state index is 7.82. The van der Waals surface area contributed by atoms with E-state index in [1.54, 1.807) is 0 Å². The minimum atomic E-state index is 0.543. The Kier molecular flexibility index (Phi) is 5.61. The highest BCUT2D eigenvalue weighted by Gasteiger charge is 2.06. The third-order valence-corrected chi connectivity index (χ3v) is 2.30. The molecule has 0 bridgehead atoms. The topological polar surface area (TPSA) is 23.9 Å². The zero-order chi connectivity index (χ0) is 12.0. The zero-order valence-corrected chi connectivity index (χ0v) is 10.4. The van der Waals surface area contributed by atoms with Crippen LogP contribution in [-0.2, 0) is 0 Å². The van der Waals surface area contributed by atoms with Gasteiger partial charge in [-0.05, 0) is 37.5 Å². The SMILES string of the molecule is C=C(C)C(=N)c1cccc(C)c1C.CC. The summed E-state index contributed by atoms with van der Waals surface area (Å²) in [5.41, 5.74) is 4.75. The molecular weight excluding hydrogens is 182 g/mol. The molecule has 0 saturated heterocycles. The lowest BCUT2D eigenvalue weighted by Gasteiger charge is -2.09. The monoisotopic (exact) mass is 203 g/mol. The van der Waals surface area contributed by atoms with Gasteiger partial charge in [0.15, 0.2) is 0 Å². The molecule has 15 heavy (non-hydrogen) atoms. The van der Waals surface area contributed by atoms with Gasteiger partial charge in [-0.1, -0.05) is 38.6 Å². The number of hydrogen-bond donors (Lipinski definition) is 1. The van der Waals surface area contributed by atoms with Crippen LogP contribution < -0.4 is 0 Å². The first-order chi connectivity index (χ1) is 7.04. The molecule has 1 nitrogen and oxygen atoms in total. The van der Waals surface area contributed by atoms with E-state index in [0.29, 0.717) is 5.71 Å². The molecule has 0 amide bonds. The lowest BCUT2D eigenvalue weighted by molar-refractivity contribution is 1.30. The van der Waals surface area contributed by atoms with Crippen molar-refractivity contribution in [2.24, 2.45) is 0 Å². The molecular formula is C14H21N. The van der Waals surface area contributed by atoms with Gasteiger partial charge in [0.05, 0.1) is 5.71 Å². The highest BCUT2D eigenvalue weighted by atomic mass is 14.4. The van der Waals surface area contributed by atoms with Gasteiger partial charge in [-0.3, -0.25) is 0 Å². The van der Waals surface area contributed by atoms with Gasteiger partial charge in [0.1, 0.15) is 0 Å². The third kappa shape index (κ3) is 3.35. The number of allylic oxidation sites excluding steroid dienone is 1. The molecule has 0 unspecified atom stereocenters. The summed E-state index contributed by atoms with van der Waals surface area (Å²) in [5.74, 6) is 0. The van der Waals surface area contributed by atoms with Crippen LogP contribution in [0.5, 0.6) is 0 Å². The largest absolute Gasteiger partial charge is 0.300 e. The first kappa shape index (κ1) is 13.6. The van der Waals surface area contributed by atoms with E-state index in [1.807, 2.05) is 39.8 Å². The molecule has 82 valence electrons. The number of rotatable bonds is 2. The highest BCUT2D eigenvalue weighted by Crippen LogP contribution is 2.15. The molecule has 1 aromatic rings. The Morgan fingerprint density at radius 2 is 1.73 bits per heavy atom. The zero-order valence-electron chi connectivity index (χ0n) is 10.4.